The molecular weight excluding hydrogens is 491 g/mol. The molecule has 1 aliphatic heterocycles. The topological polar surface area (TPSA) is 47.6 Å². The maximum Gasteiger partial charge on any atom is 0.573 e. The van der Waals surface area contributed by atoms with E-state index in [9.17, 15) is 18.0 Å². The maximum absolute atomic E-state index is 12.5. The Morgan fingerprint density at radius 1 is 1.24 bits per heavy atom. The first-order valence-corrected chi connectivity index (χ1v) is 8.82. The molecule has 1 aliphatic rings. The molecule has 1 aromatic carbocycles. The van der Waals surface area contributed by atoms with Crippen LogP contribution in [0.2, 0.25) is 0 Å². The van der Waals surface area contributed by atoms with Crippen LogP contribution < -0.4 is 10.1 Å². The van der Waals surface area contributed by atoms with Gasteiger partial charge in [0.15, 0.2) is 5.05 Å². The number of nitrogens with one attached hydrogen (secondary N) is 1. The van der Waals surface area contributed by atoms with E-state index in [1.165, 1.54) is 0 Å². The van der Waals surface area contributed by atoms with Gasteiger partial charge in [-0.1, -0.05) is 0 Å². The molecule has 1 amide bonds. The van der Waals surface area contributed by atoms with Gasteiger partial charge in [0.25, 0.3) is 5.91 Å². The molecule has 1 heterocycles. The van der Waals surface area contributed by atoms with E-state index < -0.39 is 23.6 Å². The van der Waals surface area contributed by atoms with E-state index >= 15 is 0 Å². The van der Waals surface area contributed by atoms with Crippen molar-refractivity contribution in [3.8, 4) is 5.75 Å². The van der Waals surface area contributed by atoms with Gasteiger partial charge in [0.05, 0.1) is 11.1 Å². The van der Waals surface area contributed by atoms with Gasteiger partial charge in [0.2, 0.25) is 0 Å². The van der Waals surface area contributed by atoms with Crippen molar-refractivity contribution in [2.24, 2.45) is 0 Å². The van der Waals surface area contributed by atoms with Crippen molar-refractivity contribution in [2.45, 2.75) is 32.7 Å². The van der Waals surface area contributed by atoms with E-state index in [-0.39, 0.29) is 25.3 Å². The Morgan fingerprint density at radius 3 is 2.20 bits per heavy atom. The minimum Gasteiger partial charge on any atom is -0.452 e. The third kappa shape index (κ3) is 4.53. The van der Waals surface area contributed by atoms with Crippen LogP contribution in [-0.4, -0.2) is 22.9 Å². The fourth-order valence-corrected chi connectivity index (χ4v) is 3.97. The Bertz CT molecular complexity index is 768. The smallest absolute Gasteiger partial charge is 0.452 e. The summed E-state index contributed by atoms with van der Waals surface area (Å²) >= 11 is 11.3. The number of ether oxygens (including phenoxy) is 2. The molecule has 25 heavy (non-hydrogen) atoms. The molecule has 1 N–H and O–H groups in total. The Kier molecular flexibility index (Phi) is 5.56. The molecule has 0 fully saturated rings. The first-order valence-electron chi connectivity index (χ1n) is 6.82. The fourth-order valence-electron chi connectivity index (χ4n) is 2.35. The van der Waals surface area contributed by atoms with Crippen molar-refractivity contribution in [1.82, 2.24) is 5.32 Å². The highest BCUT2D eigenvalue weighted by Gasteiger charge is 2.42. The van der Waals surface area contributed by atoms with Crippen LogP contribution in [0, 0.1) is 0 Å². The fraction of sp³-hybridized carbons (Fsp3) is 0.333. The summed E-state index contributed by atoms with van der Waals surface area (Å²) in [7, 11) is 0. The number of carbonyl (C=O) groups is 1. The lowest BCUT2D eigenvalue weighted by molar-refractivity contribution is -0.274. The lowest BCUT2D eigenvalue weighted by atomic mass is 9.99. The molecule has 10 heteroatoms. The van der Waals surface area contributed by atoms with Crippen LogP contribution in [0.5, 0.6) is 5.75 Å². The highest BCUT2D eigenvalue weighted by Crippen LogP contribution is 2.42. The van der Waals surface area contributed by atoms with Crippen molar-refractivity contribution in [2.75, 3.05) is 0 Å². The summed E-state index contributed by atoms with van der Waals surface area (Å²) in [4.78, 5) is 12.5. The predicted molar refractivity (Wildman–Crippen MR) is 97.0 cm³/mol. The standard InChI is InChI=1S/C15H12Br2F3NO3S/c1-6(25)23-12-11(13(22)21-14(12,2)3)10-8(16)4-7(5-9(10)17)24-15(18,19)20/h4-5H,1-3H3,(H,21,22). The van der Waals surface area contributed by atoms with Crippen molar-refractivity contribution >= 4 is 60.6 Å². The molecule has 0 aliphatic carbocycles. The van der Waals surface area contributed by atoms with Crippen LogP contribution in [0.15, 0.2) is 26.8 Å². The van der Waals surface area contributed by atoms with Gasteiger partial charge in [-0.2, -0.15) is 0 Å². The molecule has 0 radical (unpaired) electrons. The van der Waals surface area contributed by atoms with E-state index in [4.69, 9.17) is 17.0 Å². The van der Waals surface area contributed by atoms with Crippen LogP contribution >= 0.6 is 44.1 Å². The zero-order valence-corrected chi connectivity index (χ0v) is 17.2. The molecule has 4 nitrogen and oxygen atoms in total. The van der Waals surface area contributed by atoms with Gasteiger partial charge in [0.1, 0.15) is 11.5 Å². The summed E-state index contributed by atoms with van der Waals surface area (Å²) in [6.07, 6.45) is -4.82. The van der Waals surface area contributed by atoms with Gasteiger partial charge in [-0.05, 0) is 70.1 Å². The van der Waals surface area contributed by atoms with Gasteiger partial charge in [-0.3, -0.25) is 4.79 Å². The second-order valence-corrected chi connectivity index (χ2v) is 7.97. The largest absolute Gasteiger partial charge is 0.573 e. The lowest BCUT2D eigenvalue weighted by Gasteiger charge is -2.22. The second kappa shape index (κ2) is 6.88. The molecule has 136 valence electrons. The quantitative estimate of drug-likeness (QED) is 0.584. The van der Waals surface area contributed by atoms with Gasteiger partial charge in [-0.15, -0.1) is 13.2 Å². The molecule has 0 spiro atoms. The first-order chi connectivity index (χ1) is 11.3. The average Bonchev–Trinajstić information content (AvgIpc) is 2.57. The Labute approximate surface area is 164 Å². The number of hydrogen-bond acceptors (Lipinski definition) is 4. The molecule has 0 unspecified atom stereocenters. The van der Waals surface area contributed by atoms with Crippen LogP contribution in [0.3, 0.4) is 0 Å². The number of carbonyl (C=O) groups excluding carboxylic acids is 1. The van der Waals surface area contributed by atoms with E-state index in [2.05, 4.69) is 41.9 Å². The number of amides is 1. The molecule has 1 aromatic rings. The van der Waals surface area contributed by atoms with Gasteiger partial charge < -0.3 is 14.8 Å². The minimum absolute atomic E-state index is 0.173. The monoisotopic (exact) mass is 501 g/mol. The first kappa shape index (κ1) is 20.2. The van der Waals surface area contributed by atoms with Crippen LogP contribution in [0.1, 0.15) is 26.3 Å². The lowest BCUT2D eigenvalue weighted by Crippen LogP contribution is -2.39. The van der Waals surface area contributed by atoms with Crippen molar-refractivity contribution in [3.05, 3.63) is 32.4 Å². The molecule has 0 aromatic heterocycles. The predicted octanol–water partition coefficient (Wildman–Crippen LogP) is 5.09. The van der Waals surface area contributed by atoms with Crippen LogP contribution in [0.25, 0.3) is 5.57 Å². The summed E-state index contributed by atoms with van der Waals surface area (Å²) in [6, 6.07) is 2.25. The summed E-state index contributed by atoms with van der Waals surface area (Å²) in [5.74, 6) is -0.570. The summed E-state index contributed by atoms with van der Waals surface area (Å²) < 4.78 is 47.2. The highest BCUT2D eigenvalue weighted by atomic mass is 79.9. The Morgan fingerprint density at radius 2 is 1.76 bits per heavy atom. The Hall–Kier alpha value is -1.13. The maximum atomic E-state index is 12.5. The second-order valence-electron chi connectivity index (χ2n) is 5.69. The van der Waals surface area contributed by atoms with E-state index in [1.807, 2.05) is 0 Å². The molecule has 0 saturated heterocycles. The molecule has 2 rings (SSSR count). The van der Waals surface area contributed by atoms with Gasteiger partial charge >= 0.3 is 6.36 Å². The molecule has 0 bridgehead atoms. The Balaban J connectivity index is 2.63. The summed E-state index contributed by atoms with van der Waals surface area (Å²) in [5.41, 5.74) is -0.317. The SMILES string of the molecule is CC(=S)OC1=C(c2c(Br)cc(OC(F)(F)F)cc2Br)C(=O)NC1(C)C. The third-order valence-electron chi connectivity index (χ3n) is 3.19. The number of rotatable bonds is 3. The minimum atomic E-state index is -4.82. The average molecular weight is 503 g/mol. The van der Waals surface area contributed by atoms with Crippen molar-refractivity contribution in [3.63, 3.8) is 0 Å². The zero-order valence-electron chi connectivity index (χ0n) is 13.2. The van der Waals surface area contributed by atoms with Gasteiger partial charge in [0, 0.05) is 21.4 Å². The third-order valence-corrected chi connectivity index (χ3v) is 4.53. The summed E-state index contributed by atoms with van der Waals surface area (Å²) in [5, 5.41) is 2.96. The van der Waals surface area contributed by atoms with E-state index in [0.29, 0.717) is 5.56 Å². The van der Waals surface area contributed by atoms with E-state index in [1.54, 1.807) is 20.8 Å². The number of hydrogen-bond donors (Lipinski definition) is 1. The van der Waals surface area contributed by atoms with Crippen molar-refractivity contribution in [1.29, 1.82) is 0 Å². The summed E-state index contributed by atoms with van der Waals surface area (Å²) in [6.45, 7) is 5.02. The number of benzene rings is 1. The number of alkyl halides is 3. The highest BCUT2D eigenvalue weighted by molar-refractivity contribution is 9.11. The van der Waals surface area contributed by atoms with Gasteiger partial charge in [-0.25, -0.2) is 0 Å². The normalized spacial score (nSPS) is 16.7. The molecule has 0 saturated carbocycles. The van der Waals surface area contributed by atoms with E-state index in [0.717, 1.165) is 12.1 Å². The molecular formula is C15H12Br2F3NO3S. The van der Waals surface area contributed by atoms with Crippen LogP contribution in [-0.2, 0) is 9.53 Å². The zero-order chi connectivity index (χ0) is 19.2. The molecule has 0 atom stereocenters. The number of thiocarbonyl (C=S) groups is 1. The van der Waals surface area contributed by atoms with Crippen LogP contribution in [0.4, 0.5) is 13.2 Å². The number of halogens is 5. The van der Waals surface area contributed by atoms with Crippen molar-refractivity contribution < 1.29 is 27.4 Å².